The van der Waals surface area contributed by atoms with Gasteiger partial charge in [0.05, 0.1) is 16.6 Å². The van der Waals surface area contributed by atoms with Crippen LogP contribution in [0, 0.1) is 5.82 Å². The number of hydrogen-bond acceptors (Lipinski definition) is 5. The summed E-state index contributed by atoms with van der Waals surface area (Å²) in [5.41, 5.74) is 4.06. The Hall–Kier alpha value is -2.91. The molecule has 10 heteroatoms. The maximum absolute atomic E-state index is 13.9. The second-order valence-electron chi connectivity index (χ2n) is 4.35. The number of rotatable bonds is 2. The summed E-state index contributed by atoms with van der Waals surface area (Å²) in [5, 5.41) is 9.09. The number of anilines is 3. The molecule has 0 aliphatic heterocycles. The molecule has 4 N–H and O–H groups in total. The van der Waals surface area contributed by atoms with E-state index < -0.39 is 17.6 Å². The van der Waals surface area contributed by atoms with E-state index >= 15 is 0 Å². The molecule has 6 nitrogen and oxygen atoms in total. The summed E-state index contributed by atoms with van der Waals surface area (Å²) in [7, 11) is 0. The zero-order valence-corrected chi connectivity index (χ0v) is 10.7. The molecule has 0 saturated heterocycles. The fraction of sp³-hybridized carbons (Fsp3) is 0.0833. The zero-order chi connectivity index (χ0) is 15.9. The van der Waals surface area contributed by atoms with Crippen molar-refractivity contribution in [1.29, 1.82) is 0 Å². The van der Waals surface area contributed by atoms with Crippen molar-refractivity contribution in [3.8, 4) is 0 Å². The Kier molecular flexibility index (Phi) is 3.08. The summed E-state index contributed by atoms with van der Waals surface area (Å²) in [6, 6.07) is 2.89. The quantitative estimate of drug-likeness (QED) is 0.633. The number of halogens is 4. The number of nitrogens with zero attached hydrogens (tertiary/aromatic N) is 3. The number of H-pyrrole nitrogens is 1. The Bertz CT molecular complexity index is 841. The highest BCUT2D eigenvalue weighted by atomic mass is 19.4. The highest BCUT2D eigenvalue weighted by Gasteiger charge is 2.34. The molecule has 0 bridgehead atoms. The summed E-state index contributed by atoms with van der Waals surface area (Å²) in [6.45, 7) is 0. The topological polar surface area (TPSA) is 92.5 Å². The molecular formula is C12H8F4N6. The van der Waals surface area contributed by atoms with Gasteiger partial charge < -0.3 is 11.1 Å². The van der Waals surface area contributed by atoms with Crippen LogP contribution in [0.1, 0.15) is 5.56 Å². The molecule has 114 valence electrons. The molecule has 2 heterocycles. The van der Waals surface area contributed by atoms with Crippen LogP contribution in [0.2, 0.25) is 0 Å². The molecular weight excluding hydrogens is 304 g/mol. The first-order valence-corrected chi connectivity index (χ1v) is 5.95. The van der Waals surface area contributed by atoms with E-state index in [-0.39, 0.29) is 23.1 Å². The van der Waals surface area contributed by atoms with Crippen molar-refractivity contribution in [3.63, 3.8) is 0 Å². The number of nitrogen functional groups attached to an aromatic ring is 1. The van der Waals surface area contributed by atoms with Crippen LogP contribution >= 0.6 is 0 Å². The van der Waals surface area contributed by atoms with Crippen molar-refractivity contribution in [3.05, 3.63) is 35.8 Å². The Balaban J connectivity index is 1.98. The van der Waals surface area contributed by atoms with Crippen molar-refractivity contribution in [1.82, 2.24) is 20.2 Å². The molecule has 0 fully saturated rings. The van der Waals surface area contributed by atoms with E-state index in [9.17, 15) is 17.6 Å². The lowest BCUT2D eigenvalue weighted by atomic mass is 10.2. The van der Waals surface area contributed by atoms with Crippen LogP contribution in [0.25, 0.3) is 11.0 Å². The zero-order valence-electron chi connectivity index (χ0n) is 10.7. The second kappa shape index (κ2) is 4.83. The molecule has 0 aliphatic carbocycles. The number of nitrogens with two attached hydrogens (primary N) is 1. The minimum atomic E-state index is -4.79. The molecule has 0 radical (unpaired) electrons. The molecule has 0 saturated carbocycles. The monoisotopic (exact) mass is 312 g/mol. The summed E-state index contributed by atoms with van der Waals surface area (Å²) < 4.78 is 51.9. The van der Waals surface area contributed by atoms with Gasteiger partial charge in [0.15, 0.2) is 17.3 Å². The smallest absolute Gasteiger partial charge is 0.382 e. The molecule has 0 atom stereocenters. The fourth-order valence-electron chi connectivity index (χ4n) is 1.86. The first kappa shape index (κ1) is 14.0. The SMILES string of the molecule is Nc1n[nH]c2nc(Nc3cccc(C(F)(F)F)c3F)ncc12. The number of aromatic amines is 1. The number of fused-ring (bicyclic) bond motifs is 1. The van der Waals surface area contributed by atoms with Gasteiger partial charge >= 0.3 is 6.18 Å². The van der Waals surface area contributed by atoms with Crippen molar-refractivity contribution in [2.45, 2.75) is 6.18 Å². The molecule has 1 aromatic carbocycles. The summed E-state index contributed by atoms with van der Waals surface area (Å²) in [4.78, 5) is 7.81. The largest absolute Gasteiger partial charge is 0.419 e. The lowest BCUT2D eigenvalue weighted by Gasteiger charge is -2.11. The maximum Gasteiger partial charge on any atom is 0.419 e. The number of aromatic nitrogens is 4. The summed E-state index contributed by atoms with van der Waals surface area (Å²) >= 11 is 0. The molecule has 3 rings (SSSR count). The average molecular weight is 312 g/mol. The highest BCUT2D eigenvalue weighted by molar-refractivity contribution is 5.85. The second-order valence-corrected chi connectivity index (χ2v) is 4.35. The lowest BCUT2D eigenvalue weighted by molar-refractivity contribution is -0.139. The van der Waals surface area contributed by atoms with Gasteiger partial charge in [0.1, 0.15) is 0 Å². The Labute approximate surface area is 120 Å². The molecule has 0 aliphatic rings. The van der Waals surface area contributed by atoms with Crippen LogP contribution in [0.15, 0.2) is 24.4 Å². The van der Waals surface area contributed by atoms with Crippen LogP contribution in [-0.2, 0) is 6.18 Å². The van der Waals surface area contributed by atoms with Gasteiger partial charge in [-0.3, -0.25) is 5.10 Å². The van der Waals surface area contributed by atoms with E-state index in [1.54, 1.807) is 0 Å². The normalized spacial score (nSPS) is 11.8. The highest BCUT2D eigenvalue weighted by Crippen LogP contribution is 2.34. The predicted octanol–water partition coefficient (Wildman–Crippen LogP) is 2.84. The molecule has 22 heavy (non-hydrogen) atoms. The number of benzene rings is 1. The molecule has 2 aromatic heterocycles. The van der Waals surface area contributed by atoms with Crippen LogP contribution in [0.4, 0.5) is 35.0 Å². The number of nitrogens with one attached hydrogen (secondary N) is 2. The van der Waals surface area contributed by atoms with Gasteiger partial charge in [0.2, 0.25) is 5.95 Å². The van der Waals surface area contributed by atoms with E-state index in [2.05, 4.69) is 25.5 Å². The van der Waals surface area contributed by atoms with Gasteiger partial charge in [-0.2, -0.15) is 23.3 Å². The summed E-state index contributed by atoms with van der Waals surface area (Å²) in [5.74, 6) is -1.33. The standard InChI is InChI=1S/C12H8F4N6/c13-8-6(12(14,15)16)2-1-3-7(8)19-11-18-4-5-9(17)21-22-10(5)20-11/h1-4H,(H4,17,18,19,20,21,22). The van der Waals surface area contributed by atoms with Crippen LogP contribution < -0.4 is 11.1 Å². The minimum absolute atomic E-state index is 0.0885. The van der Waals surface area contributed by atoms with Gasteiger partial charge in [-0.15, -0.1) is 0 Å². The van der Waals surface area contributed by atoms with E-state index in [4.69, 9.17) is 5.73 Å². The molecule has 0 amide bonds. The molecule has 3 aromatic rings. The van der Waals surface area contributed by atoms with Crippen LogP contribution in [0.3, 0.4) is 0 Å². The van der Waals surface area contributed by atoms with Gasteiger partial charge in [-0.05, 0) is 12.1 Å². The van der Waals surface area contributed by atoms with Crippen molar-refractivity contribution in [2.24, 2.45) is 0 Å². The van der Waals surface area contributed by atoms with Crippen molar-refractivity contribution < 1.29 is 17.6 Å². The minimum Gasteiger partial charge on any atom is -0.382 e. The van der Waals surface area contributed by atoms with E-state index in [0.717, 1.165) is 12.1 Å². The third kappa shape index (κ3) is 2.38. The summed E-state index contributed by atoms with van der Waals surface area (Å²) in [6.07, 6.45) is -3.46. The van der Waals surface area contributed by atoms with Gasteiger partial charge in [0.25, 0.3) is 0 Å². The van der Waals surface area contributed by atoms with E-state index in [1.165, 1.54) is 6.20 Å². The van der Waals surface area contributed by atoms with Gasteiger partial charge in [0, 0.05) is 6.20 Å². The number of alkyl halides is 3. The first-order chi connectivity index (χ1) is 10.4. The Morgan fingerprint density at radius 2 is 2.00 bits per heavy atom. The van der Waals surface area contributed by atoms with Gasteiger partial charge in [-0.1, -0.05) is 6.07 Å². The van der Waals surface area contributed by atoms with Crippen molar-refractivity contribution in [2.75, 3.05) is 11.1 Å². The lowest BCUT2D eigenvalue weighted by Crippen LogP contribution is -2.10. The third-order valence-electron chi connectivity index (χ3n) is 2.90. The third-order valence-corrected chi connectivity index (χ3v) is 2.90. The number of hydrogen-bond donors (Lipinski definition) is 3. The Morgan fingerprint density at radius 3 is 2.73 bits per heavy atom. The maximum atomic E-state index is 13.9. The van der Waals surface area contributed by atoms with E-state index in [1.807, 2.05) is 0 Å². The van der Waals surface area contributed by atoms with Crippen LogP contribution in [-0.4, -0.2) is 20.2 Å². The predicted molar refractivity (Wildman–Crippen MR) is 70.8 cm³/mol. The van der Waals surface area contributed by atoms with Crippen LogP contribution in [0.5, 0.6) is 0 Å². The average Bonchev–Trinajstić information content (AvgIpc) is 2.81. The molecule has 0 unspecified atom stereocenters. The molecule has 0 spiro atoms. The Morgan fingerprint density at radius 1 is 1.23 bits per heavy atom. The fourth-order valence-corrected chi connectivity index (χ4v) is 1.86. The van der Waals surface area contributed by atoms with Crippen molar-refractivity contribution >= 4 is 28.5 Å². The van der Waals surface area contributed by atoms with Gasteiger partial charge in [-0.25, -0.2) is 9.37 Å². The first-order valence-electron chi connectivity index (χ1n) is 5.95. The van der Waals surface area contributed by atoms with E-state index in [0.29, 0.717) is 11.5 Å².